The maximum atomic E-state index is 7.05. The molecule has 5 aromatic carbocycles. The molecule has 0 unspecified atom stereocenters. The third kappa shape index (κ3) is 7.82. The molecule has 0 bridgehead atoms. The quantitative estimate of drug-likeness (QED) is 0.118. The van der Waals surface area contributed by atoms with E-state index in [4.69, 9.17) is 24.7 Å². The van der Waals surface area contributed by atoms with E-state index in [1.54, 1.807) is 0 Å². The number of hydrogen-bond acceptors (Lipinski definition) is 5. The van der Waals surface area contributed by atoms with Gasteiger partial charge >= 0.3 is 27.1 Å². The van der Waals surface area contributed by atoms with Crippen molar-refractivity contribution in [3.8, 4) is 51.5 Å². The smallest absolute Gasteiger partial charge is 0.508 e. The Kier molecular flexibility index (Phi) is 10.3. The summed E-state index contributed by atoms with van der Waals surface area (Å²) in [5.74, 6) is 3.35. The van der Waals surface area contributed by atoms with E-state index in [0.717, 1.165) is 50.0 Å². The van der Waals surface area contributed by atoms with Crippen molar-refractivity contribution < 1.29 is 35.0 Å². The van der Waals surface area contributed by atoms with Crippen LogP contribution in [0.25, 0.3) is 61.8 Å². The Bertz CT molecular complexity index is 2930. The molecule has 8 nitrogen and oxygen atoms in total. The maximum absolute atomic E-state index is 7.05. The zero-order chi connectivity index (χ0) is 40.2. The average Bonchev–Trinajstić information content (AvgIpc) is 3.81. The summed E-state index contributed by atoms with van der Waals surface area (Å²) in [5.41, 5.74) is 7.05. The standard InChI is InChI=1S/C50H43N7O.Pt/c1-49(2,3)35-22-23-51-45(28-35)57-42-21-15-14-20-39(42)40-30-41(48-53-46(33-16-10-8-11-17-33)52-47(54-48)34-18-12-9-13-19-34)44(31-43(40)57)58-38-27-36(50(4,5)6)26-37(29-38)56-25-24-55(7)32-56;/h8-28,30H,1-7H3;/q;+2. The van der Waals surface area contributed by atoms with Gasteiger partial charge in [0.05, 0.1) is 0 Å². The maximum Gasteiger partial charge on any atom is 2.00 e. The van der Waals surface area contributed by atoms with Crippen LogP contribution in [0.5, 0.6) is 11.5 Å². The van der Waals surface area contributed by atoms with E-state index in [0.29, 0.717) is 34.5 Å². The molecule has 0 saturated carbocycles. The second kappa shape index (κ2) is 15.4. The number of ether oxygens (including phenoxy) is 1. The third-order valence-corrected chi connectivity index (χ3v) is 10.3. The number of benzene rings is 5. The molecule has 3 aromatic heterocycles. The van der Waals surface area contributed by atoms with Gasteiger partial charge < -0.3 is 9.30 Å². The first-order valence-corrected chi connectivity index (χ1v) is 19.5. The van der Waals surface area contributed by atoms with Crippen molar-refractivity contribution in [3.05, 3.63) is 157 Å². The third-order valence-electron chi connectivity index (χ3n) is 10.3. The topological polar surface area (TPSA) is 71.7 Å². The summed E-state index contributed by atoms with van der Waals surface area (Å²) >= 11 is 0. The number of aromatic nitrogens is 5. The zero-order valence-corrected chi connectivity index (χ0v) is 36.3. The molecule has 0 amide bonds. The van der Waals surface area contributed by atoms with E-state index in [2.05, 4.69) is 119 Å². The summed E-state index contributed by atoms with van der Waals surface area (Å²) in [6.07, 6.45) is 5.80. The summed E-state index contributed by atoms with van der Waals surface area (Å²) in [5, 5.41) is 2.01. The molecular weight excluding hydrogens is 910 g/mol. The van der Waals surface area contributed by atoms with Crippen LogP contribution in [0.3, 0.4) is 0 Å². The summed E-state index contributed by atoms with van der Waals surface area (Å²) < 4.78 is 13.0. The Labute approximate surface area is 359 Å². The predicted octanol–water partition coefficient (Wildman–Crippen LogP) is 11.3. The van der Waals surface area contributed by atoms with Crippen LogP contribution in [0, 0.1) is 12.1 Å². The first-order chi connectivity index (χ1) is 27.9. The molecule has 0 N–H and O–H groups in total. The number of para-hydroxylation sites is 1. The van der Waals surface area contributed by atoms with Gasteiger partial charge in [0.1, 0.15) is 17.3 Å². The summed E-state index contributed by atoms with van der Waals surface area (Å²) in [4.78, 5) is 20.2. The molecule has 292 valence electrons. The molecule has 1 aliphatic heterocycles. The van der Waals surface area contributed by atoms with Gasteiger partial charge in [-0.3, -0.25) is 0 Å². The fourth-order valence-electron chi connectivity index (χ4n) is 7.13. The zero-order valence-electron chi connectivity index (χ0n) is 34.1. The number of nitrogens with zero attached hydrogens (tertiary/aromatic N) is 7. The van der Waals surface area contributed by atoms with Crippen molar-refractivity contribution in [1.82, 2.24) is 24.5 Å². The Hall–Kier alpha value is -6.33. The first kappa shape index (κ1) is 39.5. The normalized spacial score (nSPS) is 12.7. The van der Waals surface area contributed by atoms with Gasteiger partial charge in [-0.2, -0.15) is 0 Å². The first-order valence-electron chi connectivity index (χ1n) is 19.5. The van der Waals surface area contributed by atoms with E-state index in [9.17, 15) is 0 Å². The average molecular weight is 953 g/mol. The monoisotopic (exact) mass is 952 g/mol. The van der Waals surface area contributed by atoms with Crippen molar-refractivity contribution in [3.63, 3.8) is 0 Å². The molecule has 0 aliphatic carbocycles. The van der Waals surface area contributed by atoms with Crippen LogP contribution < -0.4 is 4.74 Å². The Morgan fingerprint density at radius 1 is 0.644 bits per heavy atom. The second-order valence-electron chi connectivity index (χ2n) is 16.7. The molecule has 0 fully saturated rings. The van der Waals surface area contributed by atoms with E-state index in [1.807, 2.05) is 95.5 Å². The van der Waals surface area contributed by atoms with Gasteiger partial charge in [-0.05, 0) is 45.5 Å². The molecule has 0 radical (unpaired) electrons. The van der Waals surface area contributed by atoms with Gasteiger partial charge in [0.15, 0.2) is 18.7 Å². The molecule has 0 saturated heterocycles. The van der Waals surface area contributed by atoms with Gasteiger partial charge in [-0.1, -0.05) is 147 Å². The summed E-state index contributed by atoms with van der Waals surface area (Å²) in [6.45, 7) is 13.2. The van der Waals surface area contributed by atoms with Crippen LogP contribution in [0.2, 0.25) is 0 Å². The van der Waals surface area contributed by atoms with Crippen LogP contribution in [-0.4, -0.2) is 46.7 Å². The van der Waals surface area contributed by atoms with E-state index in [-0.39, 0.29) is 31.9 Å². The molecule has 9 rings (SSSR count). The van der Waals surface area contributed by atoms with Crippen molar-refractivity contribution in [2.45, 2.75) is 52.4 Å². The van der Waals surface area contributed by atoms with Crippen LogP contribution >= 0.6 is 0 Å². The number of fused-ring (bicyclic) bond motifs is 3. The van der Waals surface area contributed by atoms with Gasteiger partial charge in [0.2, 0.25) is 6.20 Å². The minimum Gasteiger partial charge on any atom is -0.508 e. The molecule has 0 atom stereocenters. The predicted molar refractivity (Wildman–Crippen MR) is 230 cm³/mol. The number of hydrogen-bond donors (Lipinski definition) is 0. The summed E-state index contributed by atoms with van der Waals surface area (Å²) in [7, 11) is 1.95. The number of rotatable bonds is 7. The largest absolute Gasteiger partial charge is 2.00 e. The molecular formula is C50H43N7OPt+2. The molecule has 4 heterocycles. The molecule has 59 heavy (non-hydrogen) atoms. The fourth-order valence-corrected chi connectivity index (χ4v) is 7.13. The van der Waals surface area contributed by atoms with E-state index < -0.39 is 0 Å². The van der Waals surface area contributed by atoms with E-state index >= 15 is 0 Å². The molecule has 0 spiro atoms. The van der Waals surface area contributed by atoms with Gasteiger partial charge in [0, 0.05) is 34.3 Å². The van der Waals surface area contributed by atoms with Gasteiger partial charge in [-0.25, -0.2) is 19.9 Å². The Morgan fingerprint density at radius 2 is 1.27 bits per heavy atom. The van der Waals surface area contributed by atoms with Gasteiger partial charge in [0.25, 0.3) is 6.20 Å². The van der Waals surface area contributed by atoms with Crippen molar-refractivity contribution >= 4 is 33.5 Å². The van der Waals surface area contributed by atoms with Crippen molar-refractivity contribution in [1.29, 1.82) is 0 Å². The van der Waals surface area contributed by atoms with Crippen LogP contribution in [-0.2, 0) is 31.9 Å². The minimum atomic E-state index is -0.187. The Morgan fingerprint density at radius 3 is 1.90 bits per heavy atom. The molecule has 9 heteroatoms. The van der Waals surface area contributed by atoms with Crippen molar-refractivity contribution in [2.24, 2.45) is 0 Å². The fraction of sp³-hybridized carbons (Fsp3) is 0.180. The number of pyridine rings is 1. The molecule has 8 aromatic rings. The SMILES string of the molecule is C[N+]1=C=[N+](c2[c-]c(Oc3[c-]c4c(cc3-c3nc(-c5ccccc5)nc(-c5ccccc5)n3)c3ccccc3n4-c3cc(C(C)(C)C)ccn3)cc(C(C)(C)C)c2)C=C1.[Pt+2]. The Balaban J connectivity index is 0.00000484. The summed E-state index contributed by atoms with van der Waals surface area (Å²) in [6, 6.07) is 49.6. The minimum absolute atomic E-state index is 0. The van der Waals surface area contributed by atoms with Crippen molar-refractivity contribution in [2.75, 3.05) is 7.05 Å². The van der Waals surface area contributed by atoms with E-state index in [1.165, 1.54) is 5.56 Å². The van der Waals surface area contributed by atoms with Crippen LogP contribution in [0.15, 0.2) is 134 Å². The second-order valence-corrected chi connectivity index (χ2v) is 16.7. The van der Waals surface area contributed by atoms with Gasteiger partial charge in [-0.15, -0.1) is 29.1 Å². The van der Waals surface area contributed by atoms with Crippen LogP contribution in [0.4, 0.5) is 5.69 Å². The molecule has 1 aliphatic rings. The van der Waals surface area contributed by atoms with Crippen LogP contribution in [0.1, 0.15) is 52.7 Å².